The summed E-state index contributed by atoms with van der Waals surface area (Å²) in [6.45, 7) is 7.02. The molecule has 0 aromatic heterocycles. The minimum Gasteiger partial charge on any atom is -0.481 e. The van der Waals surface area contributed by atoms with Gasteiger partial charge >= 0.3 is 5.97 Å². The van der Waals surface area contributed by atoms with Gasteiger partial charge in [-0.3, -0.25) is 14.5 Å². The molecule has 0 aromatic carbocycles. The second-order valence-electron chi connectivity index (χ2n) is 5.79. The van der Waals surface area contributed by atoms with Crippen LogP contribution in [0.15, 0.2) is 0 Å². The van der Waals surface area contributed by atoms with Gasteiger partial charge in [0.15, 0.2) is 0 Å². The monoisotopic (exact) mass is 299 g/mol. The fraction of sp³-hybridized carbons (Fsp3) is 0.867. The van der Waals surface area contributed by atoms with Gasteiger partial charge < -0.3 is 15.7 Å². The zero-order chi connectivity index (χ0) is 15.5. The van der Waals surface area contributed by atoms with E-state index in [-0.39, 0.29) is 12.3 Å². The molecule has 1 unspecified atom stereocenters. The Morgan fingerprint density at radius 2 is 2.24 bits per heavy atom. The maximum Gasteiger partial charge on any atom is 0.303 e. The molecule has 1 amide bonds. The number of aliphatic carboxylic acids is 1. The summed E-state index contributed by atoms with van der Waals surface area (Å²) < 4.78 is 0. The third-order valence-corrected chi connectivity index (χ3v) is 3.71. The number of carbonyl (C=O) groups is 2. The van der Waals surface area contributed by atoms with Gasteiger partial charge in [0.2, 0.25) is 5.91 Å². The molecule has 3 N–H and O–H groups in total. The van der Waals surface area contributed by atoms with E-state index in [0.717, 1.165) is 32.6 Å². The number of carboxylic acid groups (broad SMARTS) is 1. The highest BCUT2D eigenvalue weighted by Gasteiger charge is 2.18. The Balaban J connectivity index is 2.24. The Morgan fingerprint density at radius 1 is 1.43 bits per heavy atom. The standard InChI is InChI=1S/C15H29N3O3/c1-2-9-18(11-13-5-3-7-16-10-13)12-14(19)17-8-4-6-15(20)21/h13,16H,2-12H2,1H3,(H,17,19)(H,20,21). The molecule has 0 aromatic rings. The zero-order valence-electron chi connectivity index (χ0n) is 13.1. The van der Waals surface area contributed by atoms with Crippen LogP contribution in [0.5, 0.6) is 0 Å². The van der Waals surface area contributed by atoms with E-state index in [4.69, 9.17) is 5.11 Å². The number of carboxylic acids is 1. The van der Waals surface area contributed by atoms with Gasteiger partial charge in [-0.25, -0.2) is 0 Å². The average Bonchev–Trinajstić information content (AvgIpc) is 2.45. The molecular weight excluding hydrogens is 270 g/mol. The van der Waals surface area contributed by atoms with Crippen molar-refractivity contribution in [2.24, 2.45) is 5.92 Å². The Bertz CT molecular complexity index is 317. The van der Waals surface area contributed by atoms with E-state index < -0.39 is 5.97 Å². The smallest absolute Gasteiger partial charge is 0.303 e. The summed E-state index contributed by atoms with van der Waals surface area (Å²) in [6, 6.07) is 0. The van der Waals surface area contributed by atoms with Crippen molar-refractivity contribution in [2.45, 2.75) is 39.0 Å². The first-order chi connectivity index (χ1) is 10.1. The quantitative estimate of drug-likeness (QED) is 0.517. The van der Waals surface area contributed by atoms with Crippen LogP contribution in [-0.4, -0.2) is 61.2 Å². The predicted octanol–water partition coefficient (Wildman–Crippen LogP) is 0.679. The highest BCUT2D eigenvalue weighted by molar-refractivity contribution is 5.78. The van der Waals surface area contributed by atoms with Crippen LogP contribution in [0.2, 0.25) is 0 Å². The minimum absolute atomic E-state index is 0.00222. The van der Waals surface area contributed by atoms with Crippen molar-refractivity contribution in [3.63, 3.8) is 0 Å². The molecule has 6 nitrogen and oxygen atoms in total. The maximum absolute atomic E-state index is 11.9. The van der Waals surface area contributed by atoms with Crippen LogP contribution < -0.4 is 10.6 Å². The SMILES string of the molecule is CCCN(CC(=O)NCCCC(=O)O)CC1CCCNC1. The molecule has 1 rings (SSSR count). The lowest BCUT2D eigenvalue weighted by Crippen LogP contribution is -2.43. The number of nitrogens with one attached hydrogen (secondary N) is 2. The molecule has 0 spiro atoms. The van der Waals surface area contributed by atoms with Gasteiger partial charge in [-0.1, -0.05) is 6.92 Å². The molecule has 1 heterocycles. The number of amides is 1. The molecule has 6 heteroatoms. The van der Waals surface area contributed by atoms with Gasteiger partial charge in [0, 0.05) is 19.5 Å². The molecule has 122 valence electrons. The number of piperidine rings is 1. The van der Waals surface area contributed by atoms with Gasteiger partial charge in [-0.15, -0.1) is 0 Å². The molecule has 1 aliphatic rings. The van der Waals surface area contributed by atoms with Crippen molar-refractivity contribution in [1.29, 1.82) is 0 Å². The van der Waals surface area contributed by atoms with Crippen molar-refractivity contribution >= 4 is 11.9 Å². The van der Waals surface area contributed by atoms with Crippen molar-refractivity contribution in [2.75, 3.05) is 39.3 Å². The van der Waals surface area contributed by atoms with Gasteiger partial charge in [-0.2, -0.15) is 0 Å². The summed E-state index contributed by atoms with van der Waals surface area (Å²) >= 11 is 0. The summed E-state index contributed by atoms with van der Waals surface area (Å²) in [5, 5.41) is 14.8. The molecule has 0 bridgehead atoms. The lowest BCUT2D eigenvalue weighted by molar-refractivity contribution is -0.137. The lowest BCUT2D eigenvalue weighted by Gasteiger charge is -2.29. The van der Waals surface area contributed by atoms with Crippen LogP contribution in [0.4, 0.5) is 0 Å². The number of nitrogens with zero attached hydrogens (tertiary/aromatic N) is 1. The Labute approximate surface area is 127 Å². The molecule has 21 heavy (non-hydrogen) atoms. The summed E-state index contributed by atoms with van der Waals surface area (Å²) in [7, 11) is 0. The highest BCUT2D eigenvalue weighted by atomic mass is 16.4. The van der Waals surface area contributed by atoms with Gasteiger partial charge in [-0.05, 0) is 51.2 Å². The van der Waals surface area contributed by atoms with Crippen LogP contribution >= 0.6 is 0 Å². The molecule has 1 saturated heterocycles. The first-order valence-corrected chi connectivity index (χ1v) is 8.03. The first kappa shape index (κ1) is 17.9. The number of hydrogen-bond donors (Lipinski definition) is 3. The van der Waals surface area contributed by atoms with Crippen molar-refractivity contribution < 1.29 is 14.7 Å². The number of carbonyl (C=O) groups excluding carboxylic acids is 1. The molecule has 0 saturated carbocycles. The summed E-state index contributed by atoms with van der Waals surface area (Å²) in [4.78, 5) is 24.5. The molecule has 0 radical (unpaired) electrons. The van der Waals surface area contributed by atoms with Crippen molar-refractivity contribution in [1.82, 2.24) is 15.5 Å². The molecule has 1 fully saturated rings. The average molecular weight is 299 g/mol. The lowest BCUT2D eigenvalue weighted by atomic mass is 9.99. The Kier molecular flexibility index (Phi) is 9.01. The van der Waals surface area contributed by atoms with Gasteiger partial charge in [0.25, 0.3) is 0 Å². The molecular formula is C15H29N3O3. The van der Waals surface area contributed by atoms with E-state index in [1.807, 2.05) is 0 Å². The Morgan fingerprint density at radius 3 is 2.86 bits per heavy atom. The van der Waals surface area contributed by atoms with Gasteiger partial charge in [0.05, 0.1) is 6.54 Å². The fourth-order valence-electron chi connectivity index (χ4n) is 2.72. The van der Waals surface area contributed by atoms with Crippen molar-refractivity contribution in [3.05, 3.63) is 0 Å². The second-order valence-corrected chi connectivity index (χ2v) is 5.79. The van der Waals surface area contributed by atoms with Crippen LogP contribution in [0, 0.1) is 5.92 Å². The third kappa shape index (κ3) is 8.67. The largest absolute Gasteiger partial charge is 0.481 e. The third-order valence-electron chi connectivity index (χ3n) is 3.71. The highest BCUT2D eigenvalue weighted by Crippen LogP contribution is 2.11. The van der Waals surface area contributed by atoms with Crippen LogP contribution in [-0.2, 0) is 9.59 Å². The predicted molar refractivity (Wildman–Crippen MR) is 82.2 cm³/mol. The fourth-order valence-corrected chi connectivity index (χ4v) is 2.72. The van der Waals surface area contributed by atoms with E-state index in [1.165, 1.54) is 12.8 Å². The topological polar surface area (TPSA) is 81.7 Å². The van der Waals surface area contributed by atoms with Crippen LogP contribution in [0.3, 0.4) is 0 Å². The number of rotatable bonds is 10. The van der Waals surface area contributed by atoms with E-state index in [1.54, 1.807) is 0 Å². The summed E-state index contributed by atoms with van der Waals surface area (Å²) in [5.74, 6) is -0.190. The minimum atomic E-state index is -0.818. The zero-order valence-corrected chi connectivity index (χ0v) is 13.1. The van der Waals surface area contributed by atoms with Gasteiger partial charge in [0.1, 0.15) is 0 Å². The molecule has 1 aliphatic heterocycles. The normalized spacial score (nSPS) is 18.7. The summed E-state index contributed by atoms with van der Waals surface area (Å²) in [5.41, 5.74) is 0. The van der Waals surface area contributed by atoms with E-state index in [9.17, 15) is 9.59 Å². The van der Waals surface area contributed by atoms with Crippen molar-refractivity contribution in [3.8, 4) is 0 Å². The van der Waals surface area contributed by atoms with Crippen LogP contribution in [0.25, 0.3) is 0 Å². The van der Waals surface area contributed by atoms with E-state index >= 15 is 0 Å². The molecule has 0 aliphatic carbocycles. The van der Waals surface area contributed by atoms with E-state index in [0.29, 0.717) is 25.4 Å². The maximum atomic E-state index is 11.9. The van der Waals surface area contributed by atoms with E-state index in [2.05, 4.69) is 22.5 Å². The van der Waals surface area contributed by atoms with Crippen LogP contribution in [0.1, 0.15) is 39.0 Å². The first-order valence-electron chi connectivity index (χ1n) is 8.03. The second kappa shape index (κ2) is 10.6. The Hall–Kier alpha value is -1.14. The number of hydrogen-bond acceptors (Lipinski definition) is 4. The molecule has 1 atom stereocenters. The summed E-state index contributed by atoms with van der Waals surface area (Å²) in [6.07, 6.45) is 4.07.